The van der Waals surface area contributed by atoms with Crippen molar-refractivity contribution < 1.29 is 4.79 Å². The van der Waals surface area contributed by atoms with Gasteiger partial charge in [-0.05, 0) is 48.2 Å². The van der Waals surface area contributed by atoms with Gasteiger partial charge in [-0.1, -0.05) is 30.3 Å². The summed E-state index contributed by atoms with van der Waals surface area (Å²) in [5.74, 6) is 0. The number of nitrogens with zero attached hydrogens (tertiary/aromatic N) is 2. The highest BCUT2D eigenvalue weighted by Gasteiger charge is 2.26. The molecule has 0 saturated carbocycles. The maximum absolute atomic E-state index is 12.6. The molecule has 0 fully saturated rings. The van der Waals surface area contributed by atoms with Crippen molar-refractivity contribution in [3.8, 4) is 11.3 Å². The molecule has 2 heterocycles. The number of carbonyl (C=O) groups is 1. The molecular weight excluding hydrogens is 350 g/mol. The molecule has 0 spiro atoms. The first kappa shape index (κ1) is 16.5. The number of amides is 2. The van der Waals surface area contributed by atoms with Gasteiger partial charge in [0.15, 0.2) is 0 Å². The minimum Gasteiger partial charge on any atom is -0.331 e. The van der Waals surface area contributed by atoms with Gasteiger partial charge >= 0.3 is 6.03 Å². The molecule has 5 rings (SSSR count). The summed E-state index contributed by atoms with van der Waals surface area (Å²) in [4.78, 5) is 17.1. The third kappa shape index (κ3) is 2.89. The van der Waals surface area contributed by atoms with Gasteiger partial charge in [0, 0.05) is 17.1 Å². The Labute approximate surface area is 162 Å². The summed E-state index contributed by atoms with van der Waals surface area (Å²) in [6.45, 7) is 0. The number of nitrogens with one attached hydrogen (secondary N) is 3. The number of hydrogen-bond acceptors (Lipinski definition) is 3. The Morgan fingerprint density at radius 3 is 2.89 bits per heavy atom. The van der Waals surface area contributed by atoms with Crippen molar-refractivity contribution in [2.45, 2.75) is 18.9 Å². The first-order chi connectivity index (χ1) is 13.8. The molecule has 2 aromatic carbocycles. The molecule has 2 aromatic heterocycles. The SMILES string of the molecule is O=C(Nc1cccc2[nH]ncc12)NC1CCc2c(-c3ccccn3)cccc21. The summed E-state index contributed by atoms with van der Waals surface area (Å²) < 4.78 is 0. The van der Waals surface area contributed by atoms with E-state index in [2.05, 4.69) is 37.9 Å². The zero-order valence-electron chi connectivity index (χ0n) is 15.1. The lowest BCUT2D eigenvalue weighted by Gasteiger charge is -2.16. The first-order valence-corrected chi connectivity index (χ1v) is 9.32. The van der Waals surface area contributed by atoms with E-state index in [9.17, 15) is 4.79 Å². The molecule has 6 heteroatoms. The van der Waals surface area contributed by atoms with E-state index in [1.165, 1.54) is 11.1 Å². The average Bonchev–Trinajstić information content (AvgIpc) is 3.36. The summed E-state index contributed by atoms with van der Waals surface area (Å²) >= 11 is 0. The number of hydrogen-bond donors (Lipinski definition) is 3. The Balaban J connectivity index is 1.37. The highest BCUT2D eigenvalue weighted by atomic mass is 16.2. The zero-order valence-corrected chi connectivity index (χ0v) is 15.1. The molecule has 138 valence electrons. The Bertz CT molecular complexity index is 1150. The number of aromatic nitrogens is 3. The Hall–Kier alpha value is -3.67. The summed E-state index contributed by atoms with van der Waals surface area (Å²) in [6, 6.07) is 17.6. The maximum atomic E-state index is 12.6. The standard InChI is InChI=1S/C22H19N5O/c28-22(25-19-8-4-9-21-17(19)13-24-27-21)26-20-11-10-14-15(5-3-6-16(14)20)18-7-1-2-12-23-18/h1-9,12-13,20H,10-11H2,(H,24,27)(H2,25,26,28). The number of carbonyl (C=O) groups excluding carboxylic acids is 1. The topological polar surface area (TPSA) is 82.7 Å². The fraction of sp³-hybridized carbons (Fsp3) is 0.136. The van der Waals surface area contributed by atoms with Crippen LogP contribution in [-0.4, -0.2) is 21.2 Å². The van der Waals surface area contributed by atoms with Crippen LogP contribution in [0.15, 0.2) is 67.0 Å². The van der Waals surface area contributed by atoms with E-state index in [-0.39, 0.29) is 12.1 Å². The summed E-state index contributed by atoms with van der Waals surface area (Å²) in [5.41, 5.74) is 6.18. The van der Waals surface area contributed by atoms with Crippen LogP contribution in [0.4, 0.5) is 10.5 Å². The number of H-pyrrole nitrogens is 1. The van der Waals surface area contributed by atoms with E-state index < -0.39 is 0 Å². The first-order valence-electron chi connectivity index (χ1n) is 9.32. The van der Waals surface area contributed by atoms with Crippen LogP contribution in [0.3, 0.4) is 0 Å². The van der Waals surface area contributed by atoms with Crippen molar-refractivity contribution in [2.75, 3.05) is 5.32 Å². The van der Waals surface area contributed by atoms with Gasteiger partial charge in [-0.15, -0.1) is 0 Å². The molecule has 1 aliphatic carbocycles. The van der Waals surface area contributed by atoms with Crippen molar-refractivity contribution >= 4 is 22.6 Å². The average molecular weight is 369 g/mol. The van der Waals surface area contributed by atoms with Crippen LogP contribution in [-0.2, 0) is 6.42 Å². The van der Waals surface area contributed by atoms with Crippen LogP contribution in [0.5, 0.6) is 0 Å². The number of anilines is 1. The van der Waals surface area contributed by atoms with Gasteiger partial charge in [0.05, 0.1) is 29.1 Å². The smallest absolute Gasteiger partial charge is 0.319 e. The van der Waals surface area contributed by atoms with E-state index in [4.69, 9.17) is 0 Å². The predicted octanol–water partition coefficient (Wildman–Crippen LogP) is 4.43. The van der Waals surface area contributed by atoms with Crippen LogP contribution < -0.4 is 10.6 Å². The van der Waals surface area contributed by atoms with Crippen LogP contribution in [0.25, 0.3) is 22.2 Å². The number of rotatable bonds is 3. The quantitative estimate of drug-likeness (QED) is 0.499. The van der Waals surface area contributed by atoms with Crippen molar-refractivity contribution in [2.24, 2.45) is 0 Å². The van der Waals surface area contributed by atoms with Gasteiger partial charge in [0.25, 0.3) is 0 Å². The molecule has 1 aliphatic rings. The molecule has 28 heavy (non-hydrogen) atoms. The lowest BCUT2D eigenvalue weighted by molar-refractivity contribution is 0.248. The van der Waals surface area contributed by atoms with E-state index in [1.54, 1.807) is 6.20 Å². The lowest BCUT2D eigenvalue weighted by Crippen LogP contribution is -2.31. The minimum atomic E-state index is -0.213. The maximum Gasteiger partial charge on any atom is 0.319 e. The van der Waals surface area contributed by atoms with E-state index in [0.29, 0.717) is 0 Å². The fourth-order valence-electron chi connectivity index (χ4n) is 3.96. The monoisotopic (exact) mass is 369 g/mol. The molecule has 1 atom stereocenters. The van der Waals surface area contributed by atoms with Gasteiger partial charge in [-0.25, -0.2) is 4.79 Å². The van der Waals surface area contributed by atoms with Crippen LogP contribution in [0.1, 0.15) is 23.6 Å². The van der Waals surface area contributed by atoms with E-state index in [0.717, 1.165) is 40.7 Å². The second-order valence-electron chi connectivity index (χ2n) is 6.91. The molecule has 4 aromatic rings. The van der Waals surface area contributed by atoms with Crippen LogP contribution >= 0.6 is 0 Å². The van der Waals surface area contributed by atoms with Crippen LogP contribution in [0.2, 0.25) is 0 Å². The number of aromatic amines is 1. The molecule has 0 aliphatic heterocycles. The number of pyridine rings is 1. The molecule has 2 amide bonds. The molecule has 0 bridgehead atoms. The second kappa shape index (κ2) is 6.81. The Kier molecular flexibility index (Phi) is 4.01. The van der Waals surface area contributed by atoms with Gasteiger partial charge in [-0.3, -0.25) is 10.1 Å². The highest BCUT2D eigenvalue weighted by molar-refractivity contribution is 6.00. The number of fused-ring (bicyclic) bond motifs is 2. The largest absolute Gasteiger partial charge is 0.331 e. The van der Waals surface area contributed by atoms with Gasteiger partial charge < -0.3 is 10.6 Å². The summed E-state index contributed by atoms with van der Waals surface area (Å²) in [5, 5.41) is 13.9. The van der Waals surface area contributed by atoms with Gasteiger partial charge in [0.2, 0.25) is 0 Å². The third-order valence-electron chi connectivity index (χ3n) is 5.25. The third-order valence-corrected chi connectivity index (χ3v) is 5.25. The molecule has 6 nitrogen and oxygen atoms in total. The van der Waals surface area contributed by atoms with Gasteiger partial charge in [0.1, 0.15) is 0 Å². The number of urea groups is 1. The van der Waals surface area contributed by atoms with E-state index in [1.807, 2.05) is 48.7 Å². The van der Waals surface area contributed by atoms with Crippen molar-refractivity contribution in [3.05, 3.63) is 78.1 Å². The zero-order chi connectivity index (χ0) is 18.9. The lowest BCUT2D eigenvalue weighted by atomic mass is 9.99. The summed E-state index contributed by atoms with van der Waals surface area (Å²) in [6.07, 6.45) is 5.32. The second-order valence-corrected chi connectivity index (χ2v) is 6.91. The number of benzene rings is 2. The predicted molar refractivity (Wildman–Crippen MR) is 109 cm³/mol. The highest BCUT2D eigenvalue weighted by Crippen LogP contribution is 2.37. The van der Waals surface area contributed by atoms with Crippen molar-refractivity contribution in [1.82, 2.24) is 20.5 Å². The van der Waals surface area contributed by atoms with Crippen molar-refractivity contribution in [3.63, 3.8) is 0 Å². The summed E-state index contributed by atoms with van der Waals surface area (Å²) in [7, 11) is 0. The fourth-order valence-corrected chi connectivity index (χ4v) is 3.96. The molecule has 0 saturated heterocycles. The Morgan fingerprint density at radius 1 is 1.07 bits per heavy atom. The molecular formula is C22H19N5O. The molecule has 3 N–H and O–H groups in total. The minimum absolute atomic E-state index is 0.0118. The normalized spacial score (nSPS) is 15.4. The molecule has 0 radical (unpaired) electrons. The van der Waals surface area contributed by atoms with Crippen molar-refractivity contribution in [1.29, 1.82) is 0 Å². The van der Waals surface area contributed by atoms with Crippen LogP contribution in [0, 0.1) is 0 Å². The Morgan fingerprint density at radius 2 is 2.00 bits per heavy atom. The molecule has 1 unspecified atom stereocenters. The van der Waals surface area contributed by atoms with Gasteiger partial charge in [-0.2, -0.15) is 5.10 Å². The van der Waals surface area contributed by atoms with E-state index >= 15 is 0 Å².